The van der Waals surface area contributed by atoms with Gasteiger partial charge in [-0.1, -0.05) is 30.3 Å². The van der Waals surface area contributed by atoms with Gasteiger partial charge in [-0.25, -0.2) is 0 Å². The lowest BCUT2D eigenvalue weighted by Crippen LogP contribution is -2.61. The number of phenolic OH excluding ortho intramolecular Hbond substituents is 1. The van der Waals surface area contributed by atoms with Crippen LogP contribution in [-0.2, 0) is 48.0 Å². The van der Waals surface area contributed by atoms with Crippen molar-refractivity contribution in [3.05, 3.63) is 83.4 Å². The van der Waals surface area contributed by atoms with Crippen molar-refractivity contribution in [2.24, 2.45) is 0 Å². The van der Waals surface area contributed by atoms with Gasteiger partial charge >= 0.3 is 0 Å². The highest BCUT2D eigenvalue weighted by Gasteiger charge is 2.39. The summed E-state index contributed by atoms with van der Waals surface area (Å²) in [6.07, 6.45) is 0.0471. The van der Waals surface area contributed by atoms with Gasteiger partial charge in [-0.05, 0) is 73.9 Å². The van der Waals surface area contributed by atoms with E-state index in [1.54, 1.807) is 60.7 Å². The van der Waals surface area contributed by atoms with E-state index >= 15 is 0 Å². The summed E-state index contributed by atoms with van der Waals surface area (Å²) in [4.78, 5) is 87.8. The SMILES string of the molecule is COc1ccc(C[C@H]2C(=O)N[C@@H](C)C(=O)N(C)C3Cc4ccc(cc4)Oc4cc(ccc4O)C[C@@H](C(=O)N[C@H](C)C(=O)N[C@@H](C)C(=O)N2C)N(C)C3=O)cc1. The highest BCUT2D eigenvalue weighted by molar-refractivity contribution is 5.98. The smallest absolute Gasteiger partial charge is 0.246 e. The standard InChI is InChI=1S/C40H48N6O9/c1-22-35(48)42-23(2)38(51)44(4)30(18-25-8-13-28(54-7)14-9-25)37(50)43-24(3)39(52)46(6)32-19-26-10-15-29(16-11-26)55-34-21-27(12-17-33(34)47)20-31(36(49)41-22)45(5)40(32)53/h8-17,21-24,30-32,47H,18-20H2,1-7H3,(H,41,49)(H,42,48)(H,43,50)/t22-,23+,24+,30+,31+,32?/m1/s1. The lowest BCUT2D eigenvalue weighted by molar-refractivity contribution is -0.149. The quantitative estimate of drug-likeness (QED) is 0.308. The number of phenols is 1. The second kappa shape index (κ2) is 16.9. The number of fused-ring (bicyclic) bond motifs is 2. The molecule has 4 N–H and O–H groups in total. The molecule has 1 unspecified atom stereocenters. The van der Waals surface area contributed by atoms with Crippen molar-refractivity contribution in [3.63, 3.8) is 0 Å². The van der Waals surface area contributed by atoms with Crippen LogP contribution in [-0.4, -0.2) is 120 Å². The molecule has 0 aliphatic carbocycles. The maximum atomic E-state index is 14.6. The minimum absolute atomic E-state index is 0.0330. The largest absolute Gasteiger partial charge is 0.504 e. The fourth-order valence-electron chi connectivity index (χ4n) is 6.67. The number of nitrogens with zero attached hydrogens (tertiary/aromatic N) is 3. The number of rotatable bonds is 3. The van der Waals surface area contributed by atoms with Gasteiger partial charge in [0, 0.05) is 40.4 Å². The number of methoxy groups -OCH3 is 1. The molecule has 0 radical (unpaired) electrons. The molecule has 1 saturated heterocycles. The molecule has 6 bridgehead atoms. The first-order valence-electron chi connectivity index (χ1n) is 18.0. The van der Waals surface area contributed by atoms with Crippen LogP contribution in [0.25, 0.3) is 0 Å². The number of carbonyl (C=O) groups is 6. The predicted octanol–water partition coefficient (Wildman–Crippen LogP) is 1.54. The molecule has 6 amide bonds. The Kier molecular flexibility index (Phi) is 12.3. The average Bonchev–Trinajstić information content (AvgIpc) is 3.17. The highest BCUT2D eigenvalue weighted by Crippen LogP contribution is 2.33. The first kappa shape index (κ1) is 40.1. The van der Waals surface area contributed by atoms with Gasteiger partial charge in [0.05, 0.1) is 7.11 Å². The van der Waals surface area contributed by atoms with Gasteiger partial charge < -0.3 is 45.2 Å². The van der Waals surface area contributed by atoms with Crippen LogP contribution >= 0.6 is 0 Å². The summed E-state index contributed by atoms with van der Waals surface area (Å²) in [5.41, 5.74) is 1.90. The van der Waals surface area contributed by atoms with E-state index in [0.717, 1.165) is 0 Å². The summed E-state index contributed by atoms with van der Waals surface area (Å²) in [7, 11) is 5.87. The molecular formula is C40H48N6O9. The summed E-state index contributed by atoms with van der Waals surface area (Å²) in [5.74, 6) is -2.69. The third-order valence-electron chi connectivity index (χ3n) is 10.2. The van der Waals surface area contributed by atoms with Crippen LogP contribution in [0.4, 0.5) is 0 Å². The van der Waals surface area contributed by atoms with E-state index in [4.69, 9.17) is 9.47 Å². The van der Waals surface area contributed by atoms with Crippen LogP contribution in [0.5, 0.6) is 23.0 Å². The Morgan fingerprint density at radius 3 is 1.84 bits per heavy atom. The number of hydrogen-bond acceptors (Lipinski definition) is 9. The summed E-state index contributed by atoms with van der Waals surface area (Å²) < 4.78 is 11.2. The molecule has 6 rings (SSSR count). The Labute approximate surface area is 319 Å². The summed E-state index contributed by atoms with van der Waals surface area (Å²) in [5, 5.41) is 18.6. The molecular weight excluding hydrogens is 708 g/mol. The molecule has 0 saturated carbocycles. The monoisotopic (exact) mass is 756 g/mol. The van der Waals surface area contributed by atoms with Gasteiger partial charge in [0.25, 0.3) is 0 Å². The Morgan fingerprint density at radius 1 is 0.655 bits per heavy atom. The van der Waals surface area contributed by atoms with E-state index in [-0.39, 0.29) is 30.8 Å². The maximum Gasteiger partial charge on any atom is 0.246 e. The molecule has 0 spiro atoms. The average molecular weight is 757 g/mol. The van der Waals surface area contributed by atoms with Gasteiger partial charge in [-0.3, -0.25) is 28.8 Å². The minimum atomic E-state index is -1.20. The summed E-state index contributed by atoms with van der Waals surface area (Å²) >= 11 is 0. The zero-order valence-electron chi connectivity index (χ0n) is 32.0. The number of ether oxygens (including phenoxy) is 2. The number of nitrogens with one attached hydrogen (secondary N) is 3. The lowest BCUT2D eigenvalue weighted by atomic mass is 9.98. The first-order chi connectivity index (χ1) is 26.1. The number of benzene rings is 3. The van der Waals surface area contributed by atoms with Gasteiger partial charge in [-0.2, -0.15) is 0 Å². The molecule has 3 aliphatic rings. The topological polar surface area (TPSA) is 187 Å². The summed E-state index contributed by atoms with van der Waals surface area (Å²) in [6, 6.07) is 11.5. The Morgan fingerprint density at radius 2 is 1.20 bits per heavy atom. The normalized spacial score (nSPS) is 24.6. The maximum absolute atomic E-state index is 14.6. The van der Waals surface area contributed by atoms with Crippen molar-refractivity contribution in [1.82, 2.24) is 30.7 Å². The van der Waals surface area contributed by atoms with E-state index in [0.29, 0.717) is 28.2 Å². The molecule has 1 fully saturated rings. The molecule has 3 heterocycles. The van der Waals surface area contributed by atoms with Crippen LogP contribution in [0.1, 0.15) is 37.5 Å². The molecule has 0 aromatic heterocycles. The van der Waals surface area contributed by atoms with E-state index in [1.165, 1.54) is 69.8 Å². The van der Waals surface area contributed by atoms with E-state index in [9.17, 15) is 33.9 Å². The van der Waals surface area contributed by atoms with Crippen molar-refractivity contribution >= 4 is 35.4 Å². The second-order valence-corrected chi connectivity index (χ2v) is 14.1. The minimum Gasteiger partial charge on any atom is -0.504 e. The van der Waals surface area contributed by atoms with Gasteiger partial charge in [0.1, 0.15) is 47.8 Å². The zero-order valence-corrected chi connectivity index (χ0v) is 32.0. The predicted molar refractivity (Wildman–Crippen MR) is 201 cm³/mol. The lowest BCUT2D eigenvalue weighted by Gasteiger charge is -2.36. The molecule has 6 atom stereocenters. The van der Waals surface area contributed by atoms with Crippen LogP contribution in [0.2, 0.25) is 0 Å². The van der Waals surface area contributed by atoms with Crippen LogP contribution in [0.15, 0.2) is 66.7 Å². The number of carbonyl (C=O) groups excluding carboxylic acids is 6. The third-order valence-corrected chi connectivity index (χ3v) is 10.2. The van der Waals surface area contributed by atoms with Gasteiger partial charge in [0.2, 0.25) is 35.4 Å². The zero-order chi connectivity index (χ0) is 40.1. The number of amides is 6. The van der Waals surface area contributed by atoms with Gasteiger partial charge in [0.15, 0.2) is 11.5 Å². The number of hydrogen-bond donors (Lipinski definition) is 4. The molecule has 3 aromatic carbocycles. The first-order valence-corrected chi connectivity index (χ1v) is 18.0. The van der Waals surface area contributed by atoms with Crippen molar-refractivity contribution in [3.8, 4) is 23.0 Å². The molecule has 292 valence electrons. The van der Waals surface area contributed by atoms with Crippen LogP contribution in [0, 0.1) is 0 Å². The van der Waals surface area contributed by atoms with E-state index in [2.05, 4.69) is 16.0 Å². The summed E-state index contributed by atoms with van der Waals surface area (Å²) in [6.45, 7) is 4.41. The van der Waals surface area contributed by atoms with Gasteiger partial charge in [-0.15, -0.1) is 0 Å². The highest BCUT2D eigenvalue weighted by atomic mass is 16.5. The van der Waals surface area contributed by atoms with E-state index < -0.39 is 71.7 Å². The van der Waals surface area contributed by atoms with Crippen molar-refractivity contribution in [2.75, 3.05) is 28.3 Å². The Hall–Kier alpha value is -6.12. The fourth-order valence-corrected chi connectivity index (χ4v) is 6.67. The Bertz CT molecular complexity index is 1940. The second-order valence-electron chi connectivity index (χ2n) is 14.1. The number of aromatic hydroxyl groups is 1. The molecule has 15 heteroatoms. The van der Waals surface area contributed by atoms with Crippen molar-refractivity contribution in [1.29, 1.82) is 0 Å². The Balaban J connectivity index is 1.57. The van der Waals surface area contributed by atoms with Crippen molar-refractivity contribution in [2.45, 2.75) is 76.3 Å². The fraction of sp³-hybridized carbons (Fsp3) is 0.400. The van der Waals surface area contributed by atoms with Crippen LogP contribution in [0.3, 0.4) is 0 Å². The van der Waals surface area contributed by atoms with Crippen molar-refractivity contribution < 1.29 is 43.3 Å². The third kappa shape index (κ3) is 9.16. The van der Waals surface area contributed by atoms with E-state index in [1.807, 2.05) is 0 Å². The molecule has 55 heavy (non-hydrogen) atoms. The molecule has 3 aliphatic heterocycles. The molecule has 3 aromatic rings. The van der Waals surface area contributed by atoms with Crippen LogP contribution < -0.4 is 25.4 Å². The molecule has 15 nitrogen and oxygen atoms in total. The number of likely N-dealkylation sites (N-methyl/N-ethyl adjacent to an activating group) is 3.